The molecule has 1 aromatic carbocycles. The first-order valence-corrected chi connectivity index (χ1v) is 8.12. The van der Waals surface area contributed by atoms with Crippen LogP contribution in [0.15, 0.2) is 17.0 Å². The first-order chi connectivity index (χ1) is 8.76. The molecule has 1 saturated carbocycles. The molecule has 0 heterocycles. The van der Waals surface area contributed by atoms with Gasteiger partial charge < -0.3 is 5.73 Å². The molecule has 0 radical (unpaired) electrons. The Labute approximate surface area is 111 Å². The van der Waals surface area contributed by atoms with E-state index in [1.54, 1.807) is 0 Å². The number of hydrogen-bond acceptors (Lipinski definition) is 3. The van der Waals surface area contributed by atoms with Crippen molar-refractivity contribution in [2.24, 2.45) is 5.73 Å². The summed E-state index contributed by atoms with van der Waals surface area (Å²) in [6.07, 6.45) is 4.79. The first-order valence-electron chi connectivity index (χ1n) is 6.23. The molecule has 1 aliphatic carbocycles. The molecule has 106 valence electrons. The molecule has 0 saturated heterocycles. The van der Waals surface area contributed by atoms with Crippen molar-refractivity contribution in [3.8, 4) is 0 Å². The number of benzene rings is 1. The highest BCUT2D eigenvalue weighted by molar-refractivity contribution is 7.90. The van der Waals surface area contributed by atoms with Gasteiger partial charge in [-0.25, -0.2) is 17.2 Å². The standard InChI is InChI=1S/C13H17F2NO2S/c1-19(17,18)10-6-5-9(11(14)12(10)15)13(16)7-3-2-4-8-13/h5-6H,2-4,7-8,16H2,1H3. The van der Waals surface area contributed by atoms with Crippen molar-refractivity contribution >= 4 is 9.84 Å². The molecule has 0 bridgehead atoms. The van der Waals surface area contributed by atoms with E-state index in [0.717, 1.165) is 31.6 Å². The lowest BCUT2D eigenvalue weighted by molar-refractivity contribution is 0.288. The van der Waals surface area contributed by atoms with Crippen molar-refractivity contribution in [3.05, 3.63) is 29.3 Å². The van der Waals surface area contributed by atoms with Crippen LogP contribution in [0.5, 0.6) is 0 Å². The zero-order valence-electron chi connectivity index (χ0n) is 10.7. The Bertz CT molecular complexity index is 593. The van der Waals surface area contributed by atoms with Crippen molar-refractivity contribution in [2.75, 3.05) is 6.26 Å². The van der Waals surface area contributed by atoms with E-state index in [9.17, 15) is 17.2 Å². The molecule has 0 aliphatic heterocycles. The fourth-order valence-corrected chi connectivity index (χ4v) is 3.39. The van der Waals surface area contributed by atoms with Gasteiger partial charge in [-0.3, -0.25) is 0 Å². The summed E-state index contributed by atoms with van der Waals surface area (Å²) < 4.78 is 50.6. The highest BCUT2D eigenvalue weighted by atomic mass is 32.2. The quantitative estimate of drug-likeness (QED) is 0.910. The number of hydrogen-bond donors (Lipinski definition) is 1. The van der Waals surface area contributed by atoms with Crippen molar-refractivity contribution in [1.82, 2.24) is 0 Å². The van der Waals surface area contributed by atoms with E-state index in [4.69, 9.17) is 5.73 Å². The lowest BCUT2D eigenvalue weighted by Crippen LogP contribution is -2.39. The summed E-state index contributed by atoms with van der Waals surface area (Å²) in [4.78, 5) is -0.617. The van der Waals surface area contributed by atoms with Crippen LogP contribution in [0.1, 0.15) is 37.7 Å². The van der Waals surface area contributed by atoms with E-state index in [0.29, 0.717) is 12.8 Å². The molecule has 19 heavy (non-hydrogen) atoms. The minimum absolute atomic E-state index is 0.0806. The lowest BCUT2D eigenvalue weighted by atomic mass is 9.77. The number of sulfone groups is 1. The average molecular weight is 289 g/mol. The summed E-state index contributed by atoms with van der Waals surface area (Å²) in [5, 5.41) is 0. The normalized spacial score (nSPS) is 19.4. The molecule has 0 atom stereocenters. The van der Waals surface area contributed by atoms with E-state index in [2.05, 4.69) is 0 Å². The maximum absolute atomic E-state index is 14.1. The molecule has 6 heteroatoms. The lowest BCUT2D eigenvalue weighted by Gasteiger charge is -2.34. The van der Waals surface area contributed by atoms with E-state index >= 15 is 0 Å². The zero-order valence-corrected chi connectivity index (χ0v) is 11.6. The van der Waals surface area contributed by atoms with Gasteiger partial charge in [0.2, 0.25) is 0 Å². The topological polar surface area (TPSA) is 60.2 Å². The van der Waals surface area contributed by atoms with Crippen molar-refractivity contribution in [3.63, 3.8) is 0 Å². The van der Waals surface area contributed by atoms with Gasteiger partial charge in [0.25, 0.3) is 0 Å². The fraction of sp³-hybridized carbons (Fsp3) is 0.538. The molecule has 1 aromatic rings. The average Bonchev–Trinajstić information content (AvgIpc) is 2.31. The van der Waals surface area contributed by atoms with Gasteiger partial charge in [-0.15, -0.1) is 0 Å². The largest absolute Gasteiger partial charge is 0.321 e. The Hall–Kier alpha value is -1.01. The predicted molar refractivity (Wildman–Crippen MR) is 68.4 cm³/mol. The summed E-state index contributed by atoms with van der Waals surface area (Å²) in [6, 6.07) is 2.41. The molecule has 0 amide bonds. The predicted octanol–water partition coefficient (Wildman–Crippen LogP) is 2.49. The van der Waals surface area contributed by atoms with Gasteiger partial charge in [-0.05, 0) is 18.9 Å². The Kier molecular flexibility index (Phi) is 3.66. The molecule has 1 fully saturated rings. The Morgan fingerprint density at radius 2 is 1.68 bits per heavy atom. The van der Waals surface area contributed by atoms with Crippen molar-refractivity contribution in [2.45, 2.75) is 42.5 Å². The highest BCUT2D eigenvalue weighted by Gasteiger charge is 2.34. The smallest absolute Gasteiger partial charge is 0.178 e. The van der Waals surface area contributed by atoms with Crippen LogP contribution in [0.2, 0.25) is 0 Å². The number of rotatable bonds is 2. The second-order valence-electron chi connectivity index (χ2n) is 5.23. The summed E-state index contributed by atoms with van der Waals surface area (Å²) in [5.41, 5.74) is 5.34. The third-order valence-electron chi connectivity index (χ3n) is 3.73. The molecule has 0 aromatic heterocycles. The Balaban J connectivity index is 2.53. The third-order valence-corrected chi connectivity index (χ3v) is 4.84. The second kappa shape index (κ2) is 4.83. The maximum Gasteiger partial charge on any atom is 0.178 e. The summed E-state index contributed by atoms with van der Waals surface area (Å²) >= 11 is 0. The SMILES string of the molecule is CS(=O)(=O)c1ccc(C2(N)CCCCC2)c(F)c1F. The number of halogens is 2. The van der Waals surface area contributed by atoms with E-state index in [1.165, 1.54) is 6.07 Å². The molecular formula is C13H17F2NO2S. The van der Waals surface area contributed by atoms with E-state index in [-0.39, 0.29) is 5.56 Å². The molecule has 0 spiro atoms. The molecule has 2 N–H and O–H groups in total. The van der Waals surface area contributed by atoms with Gasteiger partial charge in [0.05, 0.1) is 0 Å². The van der Waals surface area contributed by atoms with Crippen LogP contribution in [0.4, 0.5) is 8.78 Å². The summed E-state index contributed by atoms with van der Waals surface area (Å²) in [6.45, 7) is 0. The monoisotopic (exact) mass is 289 g/mol. The van der Waals surface area contributed by atoms with Gasteiger partial charge in [0, 0.05) is 17.4 Å². The maximum atomic E-state index is 14.1. The van der Waals surface area contributed by atoms with E-state index < -0.39 is 31.9 Å². The second-order valence-corrected chi connectivity index (χ2v) is 7.21. The van der Waals surface area contributed by atoms with Crippen LogP contribution in [-0.2, 0) is 15.4 Å². The minimum Gasteiger partial charge on any atom is -0.321 e. The minimum atomic E-state index is -3.78. The molecular weight excluding hydrogens is 272 g/mol. The molecule has 1 aliphatic rings. The van der Waals surface area contributed by atoms with Crippen LogP contribution in [0.3, 0.4) is 0 Å². The van der Waals surface area contributed by atoms with E-state index in [1.807, 2.05) is 0 Å². The van der Waals surface area contributed by atoms with Crippen LogP contribution in [-0.4, -0.2) is 14.7 Å². The zero-order chi connectivity index (χ0) is 14.3. The van der Waals surface area contributed by atoms with Crippen LogP contribution >= 0.6 is 0 Å². The molecule has 0 unspecified atom stereocenters. The van der Waals surface area contributed by atoms with Gasteiger partial charge in [0.1, 0.15) is 4.90 Å². The third kappa shape index (κ3) is 2.65. The van der Waals surface area contributed by atoms with Gasteiger partial charge in [0.15, 0.2) is 21.5 Å². The molecule has 2 rings (SSSR count). The van der Waals surface area contributed by atoms with Gasteiger partial charge in [-0.1, -0.05) is 25.3 Å². The first kappa shape index (κ1) is 14.4. The number of nitrogens with two attached hydrogens (primary N) is 1. The molecule has 3 nitrogen and oxygen atoms in total. The van der Waals surface area contributed by atoms with Crippen LogP contribution in [0, 0.1) is 11.6 Å². The fourth-order valence-electron chi connectivity index (χ4n) is 2.65. The summed E-state index contributed by atoms with van der Waals surface area (Å²) in [5.74, 6) is -2.46. The van der Waals surface area contributed by atoms with Gasteiger partial charge in [-0.2, -0.15) is 0 Å². The Morgan fingerprint density at radius 3 is 2.21 bits per heavy atom. The van der Waals surface area contributed by atoms with Crippen molar-refractivity contribution in [1.29, 1.82) is 0 Å². The summed E-state index contributed by atoms with van der Waals surface area (Å²) in [7, 11) is -3.78. The van der Waals surface area contributed by atoms with Crippen LogP contribution < -0.4 is 5.73 Å². The van der Waals surface area contributed by atoms with Crippen LogP contribution in [0.25, 0.3) is 0 Å². The Morgan fingerprint density at radius 1 is 1.11 bits per heavy atom. The van der Waals surface area contributed by atoms with Gasteiger partial charge >= 0.3 is 0 Å². The highest BCUT2D eigenvalue weighted by Crippen LogP contribution is 2.37. The van der Waals surface area contributed by atoms with Crippen molar-refractivity contribution < 1.29 is 17.2 Å².